The molecule has 0 aromatic heterocycles. The molecule has 27 nitrogen and oxygen atoms in total. The highest BCUT2D eigenvalue weighted by atomic mass is 16.5. The van der Waals surface area contributed by atoms with E-state index in [9.17, 15) is 0 Å². The number of hydrogen-bond acceptors (Lipinski definition) is 19. The van der Waals surface area contributed by atoms with Crippen molar-refractivity contribution in [3.05, 3.63) is 146 Å². The van der Waals surface area contributed by atoms with E-state index in [1.807, 2.05) is 232 Å². The Bertz CT molecular complexity index is 3030. The maximum Gasteiger partial charge on any atom is 0.127 e. The highest BCUT2D eigenvalue weighted by molar-refractivity contribution is 5.47. The molecule has 0 saturated carbocycles. The van der Waals surface area contributed by atoms with Crippen LogP contribution in [0.4, 0.5) is 34.1 Å². The lowest BCUT2D eigenvalue weighted by Gasteiger charge is -2.13. The second-order valence-corrected chi connectivity index (χ2v) is 23.3. The zero-order valence-electron chi connectivity index (χ0n) is 56.9. The summed E-state index contributed by atoms with van der Waals surface area (Å²) in [5.74, 6) is 4.22. The van der Waals surface area contributed by atoms with E-state index in [0.29, 0.717) is 34.5 Å². The third-order valence-electron chi connectivity index (χ3n) is 14.8. The highest BCUT2D eigenvalue weighted by Crippen LogP contribution is 2.30. The predicted octanol–water partition coefficient (Wildman–Crippen LogP) is 20.0. The minimum atomic E-state index is 0.699. The molecule has 0 heterocycles. The maximum absolute atomic E-state index is 7.00. The van der Waals surface area contributed by atoms with Gasteiger partial charge in [-0.15, -0.1) is 30.7 Å². The summed E-state index contributed by atoms with van der Waals surface area (Å²) >= 11 is 0. The van der Waals surface area contributed by atoms with Crippen LogP contribution in [0, 0.1) is 11.1 Å². The van der Waals surface area contributed by atoms with Gasteiger partial charge in [0.1, 0.15) is 34.5 Å². The fourth-order valence-electron chi connectivity index (χ4n) is 9.17. The minimum Gasteiger partial charge on any atom is -0.457 e. The summed E-state index contributed by atoms with van der Waals surface area (Å²) in [6.07, 6.45) is 16.9. The molecule has 27 heteroatoms. The number of benzene rings is 6. The molecule has 0 aliphatic heterocycles. The molecule has 2 N–H and O–H groups in total. The summed E-state index contributed by atoms with van der Waals surface area (Å²) in [7, 11) is 15.3. The third-order valence-corrected chi connectivity index (χ3v) is 14.8. The van der Waals surface area contributed by atoms with Gasteiger partial charge in [-0.25, -0.2) is 0 Å². The number of nitrogens with zero attached hydrogens (tertiary/aromatic N) is 22. The Balaban J connectivity index is 0.747. The fraction of sp³-hybridized carbons (Fsp3) is 0.471. The first-order valence-electron chi connectivity index (χ1n) is 32.8. The lowest BCUT2D eigenvalue weighted by atomic mass is 10.2. The van der Waals surface area contributed by atoms with Gasteiger partial charge < -0.3 is 14.2 Å². The topological polar surface area (TPSA) is 274 Å². The van der Waals surface area contributed by atoms with Crippen LogP contribution in [0.2, 0.25) is 0 Å². The normalized spacial score (nSPS) is 11.6. The molecule has 6 rings (SSSR count). The van der Waals surface area contributed by atoms with Crippen LogP contribution in [0.1, 0.15) is 103 Å². The Morgan fingerprint density at radius 1 is 0.211 bits per heavy atom. The van der Waals surface area contributed by atoms with E-state index in [0.717, 1.165) is 189 Å². The second-order valence-electron chi connectivity index (χ2n) is 23.3. The van der Waals surface area contributed by atoms with Gasteiger partial charge in [-0.3, -0.25) is 40.1 Å². The Morgan fingerprint density at radius 3 is 0.484 bits per heavy atom. The van der Waals surface area contributed by atoms with Gasteiger partial charge >= 0.3 is 0 Å². The van der Waals surface area contributed by atoms with E-state index < -0.39 is 0 Å². The SMILES string of the molecule is CN(CCCCCCN(C)N=Nc1ccc(Oc2ccc(N=NN(C)CCCCCCN(C)N=Nc3ccc(Oc4ccc(N=NN(C)CCCCCCN(C)N=Nc5ccc(Oc6ccc(N=NN(C)CCCCCCN(C)N=N)cc6)cc5)cc4)cc3)cc2)cc1)N=N. The van der Waals surface area contributed by atoms with Crippen molar-refractivity contribution in [2.24, 2.45) is 72.5 Å². The van der Waals surface area contributed by atoms with E-state index in [2.05, 4.69) is 72.5 Å². The smallest absolute Gasteiger partial charge is 0.127 e. The Labute approximate surface area is 561 Å². The van der Waals surface area contributed by atoms with Crippen LogP contribution < -0.4 is 14.2 Å². The number of nitrogens with one attached hydrogen (secondary N) is 2. The van der Waals surface area contributed by atoms with Crippen molar-refractivity contribution in [1.82, 2.24) is 40.1 Å². The van der Waals surface area contributed by atoms with Crippen LogP contribution in [0.3, 0.4) is 0 Å². The zero-order valence-corrected chi connectivity index (χ0v) is 56.9. The van der Waals surface area contributed by atoms with E-state index in [1.54, 1.807) is 10.0 Å². The van der Waals surface area contributed by atoms with Crippen LogP contribution >= 0.6 is 0 Å². The summed E-state index contributed by atoms with van der Waals surface area (Å²) < 4.78 is 18.2. The zero-order chi connectivity index (χ0) is 67.5. The molecule has 0 fully saturated rings. The minimum absolute atomic E-state index is 0.699. The van der Waals surface area contributed by atoms with Gasteiger partial charge in [0.15, 0.2) is 0 Å². The fourth-order valence-corrected chi connectivity index (χ4v) is 9.17. The summed E-state index contributed by atoms with van der Waals surface area (Å²) in [6, 6.07) is 45.2. The molecule has 6 aromatic rings. The summed E-state index contributed by atoms with van der Waals surface area (Å²) in [6.45, 7) is 6.51. The van der Waals surface area contributed by atoms with Crippen LogP contribution in [0.25, 0.3) is 0 Å². The van der Waals surface area contributed by atoms with Gasteiger partial charge in [-0.2, -0.15) is 11.1 Å². The first-order chi connectivity index (χ1) is 46.3. The average Bonchev–Trinajstić information content (AvgIpc) is 1.76. The van der Waals surface area contributed by atoms with Crippen LogP contribution in [-0.2, 0) is 0 Å². The number of rotatable bonds is 48. The van der Waals surface area contributed by atoms with Crippen molar-refractivity contribution in [3.8, 4) is 34.5 Å². The molecule has 0 spiro atoms. The average molecular weight is 1300 g/mol. The van der Waals surface area contributed by atoms with Crippen molar-refractivity contribution in [2.45, 2.75) is 103 Å². The summed E-state index contributed by atoms with van der Waals surface area (Å²) in [5, 5.41) is 73.8. The highest BCUT2D eigenvalue weighted by Gasteiger charge is 2.07. The maximum atomic E-state index is 7.00. The first-order valence-corrected chi connectivity index (χ1v) is 32.8. The molecule has 6 aromatic carbocycles. The molecule has 0 radical (unpaired) electrons. The molecule has 0 saturated heterocycles. The summed E-state index contributed by atoms with van der Waals surface area (Å²) in [5.41, 5.74) is 18.5. The van der Waals surface area contributed by atoms with Crippen molar-refractivity contribution < 1.29 is 14.2 Å². The van der Waals surface area contributed by atoms with Gasteiger partial charge in [0.25, 0.3) is 0 Å². The first kappa shape index (κ1) is 74.0. The molecule has 0 aliphatic rings. The molecule has 0 amide bonds. The van der Waals surface area contributed by atoms with Gasteiger partial charge in [-0.05, 0) is 197 Å². The molecule has 0 bridgehead atoms. The second kappa shape index (κ2) is 43.7. The van der Waals surface area contributed by atoms with Crippen molar-refractivity contribution in [3.63, 3.8) is 0 Å². The quantitative estimate of drug-likeness (QED) is 0.0206. The van der Waals surface area contributed by atoms with Crippen molar-refractivity contribution in [1.29, 1.82) is 11.1 Å². The van der Waals surface area contributed by atoms with Crippen molar-refractivity contribution in [2.75, 3.05) is 109 Å². The number of hydrogen-bond donors (Lipinski definition) is 2. The van der Waals surface area contributed by atoms with Crippen LogP contribution in [-0.4, -0.2) is 149 Å². The molecule has 0 unspecified atom stereocenters. The Kier molecular flexibility index (Phi) is 34.0. The third kappa shape index (κ3) is 32.4. The van der Waals surface area contributed by atoms with Crippen LogP contribution in [0.15, 0.2) is 218 Å². The molecular weight excluding hydrogens is 1200 g/mol. The molecule has 0 atom stereocenters. The number of unbranched alkanes of at least 4 members (excludes halogenated alkanes) is 12. The standard InChI is InChI=1S/C68H98N24O3/c1-85(77-69)49-17-9-11-19-51-87(3)79-71-57-25-37-63(38-26-57)93-65-41-29-59(30-42-65)73-81-89(5)53-21-13-15-23-55-91(7)83-75-61-33-45-67(46-34-61)95-68-47-35-62(36-48-68)76-84-92(8)56-24-16-14-22-54-90(6)82-74-60-31-43-66(44-32-60)94-64-39-27-58(28-40-64)72-80-88(4)52-20-12-10-18-50-86(2)78-70/h25-48,69-70H,9-24,49-56H2,1-8H3. The van der Waals surface area contributed by atoms with Gasteiger partial charge in [0, 0.05) is 109 Å². The number of ether oxygens (including phenoxy) is 3. The predicted molar refractivity (Wildman–Crippen MR) is 371 cm³/mol. The monoisotopic (exact) mass is 1300 g/mol. The van der Waals surface area contributed by atoms with E-state index >= 15 is 0 Å². The Morgan fingerprint density at radius 2 is 0.347 bits per heavy atom. The van der Waals surface area contributed by atoms with E-state index in [1.165, 1.54) is 0 Å². The van der Waals surface area contributed by atoms with Gasteiger partial charge in [-0.1, -0.05) is 93.2 Å². The van der Waals surface area contributed by atoms with E-state index in [4.69, 9.17) is 25.3 Å². The van der Waals surface area contributed by atoms with Gasteiger partial charge in [0.2, 0.25) is 0 Å². The van der Waals surface area contributed by atoms with E-state index in [-0.39, 0.29) is 0 Å². The Hall–Kier alpha value is -10.1. The largest absolute Gasteiger partial charge is 0.457 e. The van der Waals surface area contributed by atoms with Gasteiger partial charge in [0.05, 0.1) is 34.1 Å². The lowest BCUT2D eigenvalue weighted by Crippen LogP contribution is -2.13. The molecular formula is C68H98N24O3. The molecule has 0 aliphatic carbocycles. The summed E-state index contributed by atoms with van der Waals surface area (Å²) in [4.78, 5) is 0. The van der Waals surface area contributed by atoms with Crippen molar-refractivity contribution >= 4 is 34.1 Å². The molecule has 508 valence electrons. The molecule has 95 heavy (non-hydrogen) atoms. The van der Waals surface area contributed by atoms with Crippen LogP contribution in [0.5, 0.6) is 34.5 Å². The lowest BCUT2D eigenvalue weighted by molar-refractivity contribution is 0.301.